The van der Waals surface area contributed by atoms with Crippen LogP contribution < -0.4 is 32.3 Å². The summed E-state index contributed by atoms with van der Waals surface area (Å²) in [6.07, 6.45) is 8.77. The van der Waals surface area contributed by atoms with Crippen molar-refractivity contribution in [1.29, 1.82) is 0 Å². The van der Waals surface area contributed by atoms with Crippen LogP contribution >= 0.6 is 0 Å². The highest BCUT2D eigenvalue weighted by molar-refractivity contribution is 6.58. The molecule has 3 aromatic rings. The Bertz CT molecular complexity index is 2890. The molecule has 6 atom stereocenters. The molecule has 6 bridgehead atoms. The van der Waals surface area contributed by atoms with Gasteiger partial charge in [-0.15, -0.1) is 0 Å². The van der Waals surface area contributed by atoms with Gasteiger partial charge in [0.15, 0.2) is 11.6 Å². The van der Waals surface area contributed by atoms with Crippen LogP contribution in [0.5, 0.6) is 0 Å². The number of methoxy groups -OCH3 is 1. The zero-order valence-electron chi connectivity index (χ0n) is 41.3. The van der Waals surface area contributed by atoms with Crippen molar-refractivity contribution < 1.29 is 43.5 Å². The molecule has 16 nitrogen and oxygen atoms in total. The van der Waals surface area contributed by atoms with E-state index in [1.165, 1.54) is 7.11 Å². The third-order valence-corrected chi connectivity index (χ3v) is 14.4. The predicted molar refractivity (Wildman–Crippen MR) is 266 cm³/mol. The van der Waals surface area contributed by atoms with E-state index < -0.39 is 36.4 Å². The Morgan fingerprint density at radius 3 is 2.26 bits per heavy atom. The molecule has 1 unspecified atom stereocenters. The maximum Gasteiger partial charge on any atom is 0.488 e. The monoisotopic (exact) mass is 941 g/mol. The van der Waals surface area contributed by atoms with Gasteiger partial charge in [-0.1, -0.05) is 45.0 Å². The lowest BCUT2D eigenvalue weighted by Gasteiger charge is -2.25. The van der Waals surface area contributed by atoms with Crippen molar-refractivity contribution in [2.24, 2.45) is 39.6 Å². The van der Waals surface area contributed by atoms with Gasteiger partial charge in [-0.2, -0.15) is 0 Å². The number of benzene rings is 1. The number of nitrogens with one attached hydrogen (secondary N) is 3. The number of fused-ring (bicyclic) bond motifs is 3. The average Bonchev–Trinajstić information content (AvgIpc) is 4.02. The number of Topliss-reactive ketones (excluding diaryl/α,β-unsaturated/α-hetero) is 2. The summed E-state index contributed by atoms with van der Waals surface area (Å²) in [6.45, 7) is 17.9. The summed E-state index contributed by atoms with van der Waals surface area (Å²) < 4.78 is 14.8. The Morgan fingerprint density at radius 2 is 1.61 bits per heavy atom. The molecule has 1 amide bonds. The number of carbonyl (C=O) groups is 5. The number of aromatic nitrogens is 2. The number of ether oxygens (including phenoxy) is 2. The standard InChI is InChI=1S/C52H64BN7O9/c1-11-33-26(2)36-24-41-43(30(6)61)28(4)39-23-37-27(3)34(47(57-37)45-46(51(65)68-10)49(63)44-29(5)40(25-38(33)56-36)60(48(44)45)58-59(39)41)18-19-42(62)55-21-12-13-35(50(64)69-52(7,8)9)54-22-20-31-14-16-32(17-15-31)53(66)67/h14-17,23-27,33-35,46,54,58,66-67H,11-13,18-22H2,1-10H3,(H,55,62)/t26-,27+,33-,34+,35+,46?/m1/s1. The molecular weight excluding hydrogens is 877 g/mol. The second-order valence-electron chi connectivity index (χ2n) is 20.0. The van der Waals surface area contributed by atoms with Crippen LogP contribution in [-0.4, -0.2) is 99.2 Å². The van der Waals surface area contributed by atoms with Gasteiger partial charge in [-0.05, 0) is 121 Å². The van der Waals surface area contributed by atoms with Crippen molar-refractivity contribution in [2.45, 2.75) is 112 Å². The third-order valence-electron chi connectivity index (χ3n) is 14.4. The molecule has 5 N–H and O–H groups in total. The molecule has 0 saturated carbocycles. The predicted octanol–water partition coefficient (Wildman–Crippen LogP) is 3.46. The number of hydrogen-bond donors (Lipinski definition) is 5. The van der Waals surface area contributed by atoms with Crippen LogP contribution in [0.3, 0.4) is 0 Å². The van der Waals surface area contributed by atoms with Crippen LogP contribution in [-0.2, 0) is 30.3 Å². The number of rotatable bonds is 16. The lowest BCUT2D eigenvalue weighted by Crippen LogP contribution is -2.42. The molecule has 1 aliphatic carbocycles. The zero-order chi connectivity index (χ0) is 49.8. The number of esters is 2. The minimum atomic E-state index is -1.55. The van der Waals surface area contributed by atoms with E-state index in [4.69, 9.17) is 19.5 Å². The molecule has 0 fully saturated rings. The summed E-state index contributed by atoms with van der Waals surface area (Å²) in [5.41, 5.74) is 11.3. The molecule has 0 spiro atoms. The van der Waals surface area contributed by atoms with Crippen molar-refractivity contribution >= 4 is 77.2 Å². The van der Waals surface area contributed by atoms with Crippen LogP contribution in [0.4, 0.5) is 0 Å². The Balaban J connectivity index is 1.09. The van der Waals surface area contributed by atoms with Crippen molar-refractivity contribution in [3.8, 4) is 0 Å². The van der Waals surface area contributed by atoms with Gasteiger partial charge in [0.2, 0.25) is 5.91 Å². The topological polar surface area (TPSA) is 215 Å². The SMILES string of the molecule is CC[C@H]1C2=NC(=Cc3c(C(C)=O)c(C)c4n3Nn3c(c(C)c5c3=C(C3=NC(=C4)[C@@H](C)[C@@H]3CCC(=O)NCCC[C@H](NCCc3ccc(B(O)O)cc3)C(=O)OC(C)(C)C)C(C(=O)OC)C5=O)=C2)[C@@H]1C. The Kier molecular flexibility index (Phi) is 13.8. The fourth-order valence-electron chi connectivity index (χ4n) is 10.7. The minimum absolute atomic E-state index is 0.0611. The van der Waals surface area contributed by atoms with E-state index in [1.54, 1.807) is 19.1 Å². The first-order valence-corrected chi connectivity index (χ1v) is 24.2. The maximum atomic E-state index is 14.8. The Hall–Kier alpha value is -6.17. The van der Waals surface area contributed by atoms with Gasteiger partial charge in [0.05, 0.1) is 40.5 Å². The van der Waals surface area contributed by atoms with Crippen LogP contribution in [0.2, 0.25) is 0 Å². The van der Waals surface area contributed by atoms with Crippen molar-refractivity contribution in [3.05, 3.63) is 85.6 Å². The lowest BCUT2D eigenvalue weighted by molar-refractivity contribution is -0.157. The van der Waals surface area contributed by atoms with Crippen LogP contribution in [0.15, 0.2) is 45.6 Å². The highest BCUT2D eigenvalue weighted by Crippen LogP contribution is 2.43. The largest absolute Gasteiger partial charge is 0.488 e. The Morgan fingerprint density at radius 1 is 0.928 bits per heavy atom. The van der Waals surface area contributed by atoms with Gasteiger partial charge >= 0.3 is 19.1 Å². The number of hydrogen-bond acceptors (Lipinski definition) is 13. The van der Waals surface area contributed by atoms with E-state index in [0.29, 0.717) is 100.0 Å². The quantitative estimate of drug-likeness (QED) is 0.0461. The summed E-state index contributed by atoms with van der Waals surface area (Å²) in [5.74, 6) is -3.59. The fraction of sp³-hybridized carbons (Fsp3) is 0.481. The minimum Gasteiger partial charge on any atom is -0.468 e. The lowest BCUT2D eigenvalue weighted by atomic mass is 9.80. The van der Waals surface area contributed by atoms with Crippen LogP contribution in [0, 0.1) is 43.4 Å². The van der Waals surface area contributed by atoms with E-state index >= 15 is 0 Å². The summed E-state index contributed by atoms with van der Waals surface area (Å²) in [6, 6.07) is 6.31. The number of carbonyl (C=O) groups excluding carboxylic acids is 5. The molecule has 17 heteroatoms. The highest BCUT2D eigenvalue weighted by atomic mass is 16.6. The summed E-state index contributed by atoms with van der Waals surface area (Å²) >= 11 is 0. The number of aliphatic imine (C=N–C) groups is 2. The van der Waals surface area contributed by atoms with Gasteiger partial charge in [-0.3, -0.25) is 34.0 Å². The molecule has 4 aliphatic heterocycles. The smallest absolute Gasteiger partial charge is 0.468 e. The first-order chi connectivity index (χ1) is 32.7. The Labute approximate surface area is 402 Å². The van der Waals surface area contributed by atoms with Crippen molar-refractivity contribution in [3.63, 3.8) is 0 Å². The number of ketones is 2. The summed E-state index contributed by atoms with van der Waals surface area (Å²) in [5, 5.41) is 26.4. The molecule has 5 aliphatic rings. The molecule has 2 aromatic heterocycles. The fourth-order valence-corrected chi connectivity index (χ4v) is 10.7. The number of amides is 1. The van der Waals surface area contributed by atoms with Crippen LogP contribution in [0.1, 0.15) is 129 Å². The van der Waals surface area contributed by atoms with Gasteiger partial charge in [-0.25, -0.2) is 14.9 Å². The van der Waals surface area contributed by atoms with Gasteiger partial charge in [0.25, 0.3) is 0 Å². The zero-order valence-corrected chi connectivity index (χ0v) is 41.3. The van der Waals surface area contributed by atoms with E-state index in [9.17, 15) is 34.0 Å². The third kappa shape index (κ3) is 9.23. The van der Waals surface area contributed by atoms with Gasteiger partial charge < -0.3 is 30.2 Å². The van der Waals surface area contributed by atoms with E-state index in [1.807, 2.05) is 81.3 Å². The normalized spacial score (nSPS) is 21.3. The molecule has 1 aromatic carbocycles. The summed E-state index contributed by atoms with van der Waals surface area (Å²) in [4.78, 5) is 79.8. The first-order valence-electron chi connectivity index (χ1n) is 24.2. The van der Waals surface area contributed by atoms with E-state index in [2.05, 4.69) is 30.0 Å². The maximum absolute atomic E-state index is 14.8. The van der Waals surface area contributed by atoms with E-state index in [0.717, 1.165) is 29.0 Å². The first kappa shape index (κ1) is 49.3. The van der Waals surface area contributed by atoms with Gasteiger partial charge in [0, 0.05) is 64.9 Å². The molecule has 8 rings (SSSR count). The number of nitrogens with zero attached hydrogens (tertiary/aromatic N) is 4. The van der Waals surface area contributed by atoms with Crippen molar-refractivity contribution in [1.82, 2.24) is 20.0 Å². The molecular formula is C52H64BN7O9. The van der Waals surface area contributed by atoms with Crippen molar-refractivity contribution in [2.75, 3.05) is 25.7 Å². The van der Waals surface area contributed by atoms with E-state index in [-0.39, 0.29) is 47.8 Å². The molecule has 6 heterocycles. The second kappa shape index (κ2) is 19.3. The molecule has 0 radical (unpaired) electrons. The highest BCUT2D eigenvalue weighted by Gasteiger charge is 2.49. The molecule has 0 saturated heterocycles. The molecule has 364 valence electrons. The second-order valence-corrected chi connectivity index (χ2v) is 20.0. The van der Waals surface area contributed by atoms with Gasteiger partial charge in [0.1, 0.15) is 17.6 Å². The summed E-state index contributed by atoms with van der Waals surface area (Å²) in [7, 11) is -0.276. The average molecular weight is 942 g/mol. The number of allylic oxidation sites excluding steroid dienone is 2. The molecule has 69 heavy (non-hydrogen) atoms. The van der Waals surface area contributed by atoms with Crippen LogP contribution in [0.25, 0.3) is 23.8 Å².